The number of nitrogens with zero attached hydrogens (tertiary/aromatic N) is 2. The van der Waals surface area contributed by atoms with E-state index in [2.05, 4.69) is 5.43 Å². The second-order valence-corrected chi connectivity index (χ2v) is 4.67. The van der Waals surface area contributed by atoms with Gasteiger partial charge in [-0.2, -0.15) is 0 Å². The second kappa shape index (κ2) is 5.24. The number of benzene rings is 1. The lowest BCUT2D eigenvalue weighted by molar-refractivity contribution is -0.384. The largest absolute Gasteiger partial charge is 0.318 e. The zero-order valence-electron chi connectivity index (χ0n) is 9.66. The van der Waals surface area contributed by atoms with E-state index in [-0.39, 0.29) is 34.8 Å². The number of hydrazine groups is 1. The Hall–Kier alpha value is -2.13. The minimum Gasteiger partial charge on any atom is -0.318 e. The second-order valence-electron chi connectivity index (χ2n) is 3.75. The maximum Gasteiger partial charge on any atom is 0.293 e. The van der Waals surface area contributed by atoms with Crippen molar-refractivity contribution in [1.82, 2.24) is 4.90 Å². The number of nitrogens with two attached hydrogens (primary N) is 1. The maximum atomic E-state index is 11.5. The predicted octanol–water partition coefficient (Wildman–Crippen LogP) is 1.08. The van der Waals surface area contributed by atoms with Gasteiger partial charge in [-0.25, -0.2) is 0 Å². The molecule has 9 heteroatoms. The average molecular weight is 282 g/mol. The number of anilines is 1. The molecule has 2 amide bonds. The molecule has 0 unspecified atom stereocenters. The van der Waals surface area contributed by atoms with Crippen LogP contribution in [-0.2, 0) is 11.3 Å². The third kappa shape index (κ3) is 2.51. The number of nitro groups is 1. The highest BCUT2D eigenvalue weighted by Crippen LogP contribution is 2.30. The third-order valence-corrected chi connectivity index (χ3v) is 3.50. The van der Waals surface area contributed by atoms with E-state index in [0.717, 1.165) is 16.7 Å². The molecule has 3 N–H and O–H groups in total. The van der Waals surface area contributed by atoms with Crippen molar-refractivity contribution in [1.29, 1.82) is 0 Å². The summed E-state index contributed by atoms with van der Waals surface area (Å²) in [6.07, 6.45) is 0. The van der Waals surface area contributed by atoms with Gasteiger partial charge >= 0.3 is 0 Å². The van der Waals surface area contributed by atoms with Crippen LogP contribution in [0.4, 0.5) is 16.2 Å². The van der Waals surface area contributed by atoms with Crippen LogP contribution in [0.3, 0.4) is 0 Å². The normalized spacial score (nSPS) is 14.9. The highest BCUT2D eigenvalue weighted by molar-refractivity contribution is 8.14. The minimum atomic E-state index is -0.582. The number of imide groups is 1. The smallest absolute Gasteiger partial charge is 0.293 e. The monoisotopic (exact) mass is 282 g/mol. The van der Waals surface area contributed by atoms with Crippen molar-refractivity contribution in [3.63, 3.8) is 0 Å². The van der Waals surface area contributed by atoms with Crippen LogP contribution in [-0.4, -0.2) is 26.7 Å². The number of amides is 2. The van der Waals surface area contributed by atoms with E-state index >= 15 is 0 Å². The van der Waals surface area contributed by atoms with Gasteiger partial charge in [0.25, 0.3) is 10.9 Å². The Bertz CT molecular complexity index is 546. The summed E-state index contributed by atoms with van der Waals surface area (Å²) < 4.78 is 0. The van der Waals surface area contributed by atoms with Crippen molar-refractivity contribution in [2.75, 3.05) is 11.2 Å². The molecule has 0 radical (unpaired) electrons. The van der Waals surface area contributed by atoms with Crippen LogP contribution in [0.1, 0.15) is 5.56 Å². The fraction of sp³-hybridized carbons (Fsp3) is 0.200. The van der Waals surface area contributed by atoms with E-state index in [1.807, 2.05) is 0 Å². The van der Waals surface area contributed by atoms with Gasteiger partial charge < -0.3 is 5.43 Å². The summed E-state index contributed by atoms with van der Waals surface area (Å²) in [6.45, 7) is -0.0358. The summed E-state index contributed by atoms with van der Waals surface area (Å²) in [5.74, 6) is 5.07. The quantitative estimate of drug-likeness (QED) is 0.481. The van der Waals surface area contributed by atoms with Gasteiger partial charge in [0.1, 0.15) is 5.69 Å². The molecule has 1 saturated heterocycles. The van der Waals surface area contributed by atoms with Crippen molar-refractivity contribution in [2.45, 2.75) is 6.54 Å². The van der Waals surface area contributed by atoms with Gasteiger partial charge in [-0.05, 0) is 0 Å². The van der Waals surface area contributed by atoms with Gasteiger partial charge in [0.2, 0.25) is 5.91 Å². The molecule has 1 heterocycles. The minimum absolute atomic E-state index is 0.0358. The van der Waals surface area contributed by atoms with Crippen molar-refractivity contribution in [3.8, 4) is 0 Å². The van der Waals surface area contributed by atoms with E-state index in [1.165, 1.54) is 12.1 Å². The van der Waals surface area contributed by atoms with Crippen molar-refractivity contribution < 1.29 is 14.5 Å². The van der Waals surface area contributed by atoms with Gasteiger partial charge in [0, 0.05) is 11.6 Å². The molecule has 0 atom stereocenters. The molecule has 8 nitrogen and oxygen atoms in total. The van der Waals surface area contributed by atoms with Crippen LogP contribution < -0.4 is 11.3 Å². The van der Waals surface area contributed by atoms with Gasteiger partial charge in [0.05, 0.1) is 17.2 Å². The molecule has 0 aromatic heterocycles. The molecule has 1 aliphatic heterocycles. The first-order valence-electron chi connectivity index (χ1n) is 5.24. The van der Waals surface area contributed by atoms with Gasteiger partial charge in [-0.3, -0.25) is 30.4 Å². The molecule has 1 fully saturated rings. The van der Waals surface area contributed by atoms with Crippen molar-refractivity contribution in [2.24, 2.45) is 5.84 Å². The molecule has 0 spiro atoms. The summed E-state index contributed by atoms with van der Waals surface area (Å²) in [6, 6.07) is 4.35. The number of carbonyl (C=O) groups is 2. The molecule has 2 rings (SSSR count). The standard InChI is InChI=1S/C10H10N4O4S/c11-12-9-6(2-1-3-7(9)14(17)18)4-13-8(15)5-19-10(13)16/h1-3,12H,4-5,11H2. The number of nitro benzene ring substituents is 1. The molecular weight excluding hydrogens is 272 g/mol. The fourth-order valence-corrected chi connectivity index (χ4v) is 2.47. The first-order valence-corrected chi connectivity index (χ1v) is 6.23. The number of nitrogen functional groups attached to an aromatic ring is 1. The van der Waals surface area contributed by atoms with Gasteiger partial charge in [-0.1, -0.05) is 23.9 Å². The Morgan fingerprint density at radius 2 is 2.21 bits per heavy atom. The molecule has 0 bridgehead atoms. The lowest BCUT2D eigenvalue weighted by Crippen LogP contribution is -2.28. The Kier molecular flexibility index (Phi) is 3.67. The maximum absolute atomic E-state index is 11.5. The SMILES string of the molecule is NNc1c(CN2C(=O)CSC2=O)cccc1[N+](=O)[O-]. The van der Waals surface area contributed by atoms with E-state index in [0.29, 0.717) is 5.56 Å². The number of carbonyl (C=O) groups excluding carboxylic acids is 2. The third-order valence-electron chi connectivity index (χ3n) is 2.64. The van der Waals surface area contributed by atoms with Crippen LogP contribution >= 0.6 is 11.8 Å². The Morgan fingerprint density at radius 1 is 1.47 bits per heavy atom. The molecule has 100 valence electrons. The number of nitrogens with one attached hydrogen (secondary N) is 1. The zero-order valence-corrected chi connectivity index (χ0v) is 10.5. The fourth-order valence-electron chi connectivity index (χ4n) is 1.74. The first kappa shape index (κ1) is 13.3. The van der Waals surface area contributed by atoms with Crippen LogP contribution in [0.25, 0.3) is 0 Å². The Labute approximate surface area is 112 Å². The number of hydrogen-bond acceptors (Lipinski definition) is 7. The summed E-state index contributed by atoms with van der Waals surface area (Å²) in [4.78, 5) is 34.3. The van der Waals surface area contributed by atoms with E-state index in [1.54, 1.807) is 6.07 Å². The molecular formula is C10H10N4O4S. The zero-order chi connectivity index (χ0) is 14.0. The molecule has 19 heavy (non-hydrogen) atoms. The number of hydrogen-bond donors (Lipinski definition) is 2. The number of thioether (sulfide) groups is 1. The summed E-state index contributed by atoms with van der Waals surface area (Å²) >= 11 is 0.909. The molecule has 0 saturated carbocycles. The average Bonchev–Trinajstić information content (AvgIpc) is 2.70. The van der Waals surface area contributed by atoms with E-state index in [9.17, 15) is 19.7 Å². The molecule has 1 aliphatic rings. The van der Waals surface area contributed by atoms with Crippen LogP contribution in [0.15, 0.2) is 18.2 Å². The van der Waals surface area contributed by atoms with Crippen LogP contribution in [0, 0.1) is 10.1 Å². The molecule has 1 aromatic carbocycles. The summed E-state index contributed by atoms with van der Waals surface area (Å²) in [7, 11) is 0. The van der Waals surface area contributed by atoms with Crippen molar-refractivity contribution >= 4 is 34.3 Å². The summed E-state index contributed by atoms with van der Waals surface area (Å²) in [5, 5.41) is 10.5. The van der Waals surface area contributed by atoms with E-state index in [4.69, 9.17) is 5.84 Å². The van der Waals surface area contributed by atoms with E-state index < -0.39 is 4.92 Å². The topological polar surface area (TPSA) is 119 Å². The van der Waals surface area contributed by atoms with Crippen LogP contribution in [0.5, 0.6) is 0 Å². The predicted molar refractivity (Wildman–Crippen MR) is 69.3 cm³/mol. The molecule has 0 aliphatic carbocycles. The van der Waals surface area contributed by atoms with Crippen LogP contribution in [0.2, 0.25) is 0 Å². The highest BCUT2D eigenvalue weighted by Gasteiger charge is 2.31. The van der Waals surface area contributed by atoms with Gasteiger partial charge in [0.15, 0.2) is 0 Å². The van der Waals surface area contributed by atoms with Gasteiger partial charge in [-0.15, -0.1) is 0 Å². The number of para-hydroxylation sites is 1. The summed E-state index contributed by atoms with van der Waals surface area (Å²) in [5.41, 5.74) is 2.57. The first-order chi connectivity index (χ1) is 9.04. The number of rotatable bonds is 4. The lowest BCUT2D eigenvalue weighted by atomic mass is 10.1. The highest BCUT2D eigenvalue weighted by atomic mass is 32.2. The Morgan fingerprint density at radius 3 is 2.74 bits per heavy atom. The Balaban J connectivity index is 2.35. The lowest BCUT2D eigenvalue weighted by Gasteiger charge is -2.15. The molecule has 1 aromatic rings. The van der Waals surface area contributed by atoms with Crippen molar-refractivity contribution in [3.05, 3.63) is 33.9 Å².